The highest BCUT2D eigenvalue weighted by molar-refractivity contribution is 5.80. The Bertz CT molecular complexity index is 461. The van der Waals surface area contributed by atoms with Gasteiger partial charge < -0.3 is 9.21 Å². The summed E-state index contributed by atoms with van der Waals surface area (Å²) in [6.45, 7) is 1.18. The van der Waals surface area contributed by atoms with Crippen LogP contribution in [-0.2, 0) is 11.3 Å². The predicted octanol–water partition coefficient (Wildman–Crippen LogP) is 2.06. The van der Waals surface area contributed by atoms with Gasteiger partial charge in [0.25, 0.3) is 0 Å². The zero-order valence-electron chi connectivity index (χ0n) is 8.64. The zero-order valence-corrected chi connectivity index (χ0v) is 8.64. The molecular weight excluding hydrogens is 190 g/mol. The summed E-state index contributed by atoms with van der Waals surface area (Å²) in [4.78, 5) is 12.3. The Hall–Kier alpha value is -1.61. The number of hydrogen-bond donors (Lipinski definition) is 0. The first-order chi connectivity index (χ1) is 7.31. The van der Waals surface area contributed by atoms with E-state index in [4.69, 9.17) is 4.42 Å². The van der Waals surface area contributed by atoms with Gasteiger partial charge >= 0.3 is 0 Å². The highest BCUT2D eigenvalue weighted by Crippen LogP contribution is 2.21. The fourth-order valence-corrected chi connectivity index (χ4v) is 1.64. The molecular formula is C12H13NO2. The summed E-state index contributed by atoms with van der Waals surface area (Å²) in [6, 6.07) is 7.91. The first-order valence-corrected chi connectivity index (χ1v) is 4.88. The monoisotopic (exact) mass is 203 g/mol. The second-order valence-electron chi connectivity index (χ2n) is 3.62. The van der Waals surface area contributed by atoms with Gasteiger partial charge in [-0.15, -0.1) is 0 Å². The molecule has 1 aromatic carbocycles. The number of hydrogen-bond acceptors (Lipinski definition) is 3. The van der Waals surface area contributed by atoms with Gasteiger partial charge in [-0.05, 0) is 13.1 Å². The minimum absolute atomic E-state index is 0.444. The van der Waals surface area contributed by atoms with Crippen LogP contribution in [0.25, 0.3) is 11.0 Å². The smallest absolute Gasteiger partial charge is 0.134 e. The second-order valence-corrected chi connectivity index (χ2v) is 3.62. The number of benzene rings is 1. The van der Waals surface area contributed by atoms with Crippen molar-refractivity contribution in [2.24, 2.45) is 0 Å². The molecule has 3 heteroatoms. The van der Waals surface area contributed by atoms with Gasteiger partial charge in [0.05, 0.1) is 12.8 Å². The van der Waals surface area contributed by atoms with Crippen LogP contribution in [-0.4, -0.2) is 24.8 Å². The molecule has 0 bridgehead atoms. The lowest BCUT2D eigenvalue weighted by Gasteiger charge is -2.11. The van der Waals surface area contributed by atoms with Gasteiger partial charge in [0.2, 0.25) is 0 Å². The minimum Gasteiger partial charge on any atom is -0.464 e. The third-order valence-corrected chi connectivity index (χ3v) is 2.39. The van der Waals surface area contributed by atoms with Gasteiger partial charge in [-0.2, -0.15) is 0 Å². The van der Waals surface area contributed by atoms with E-state index in [1.807, 2.05) is 36.2 Å². The van der Waals surface area contributed by atoms with Crippen LogP contribution in [0, 0.1) is 0 Å². The average Bonchev–Trinajstić information content (AvgIpc) is 2.62. The highest BCUT2D eigenvalue weighted by atomic mass is 16.3. The van der Waals surface area contributed by atoms with Gasteiger partial charge in [0, 0.05) is 17.5 Å². The molecule has 0 amide bonds. The lowest BCUT2D eigenvalue weighted by atomic mass is 10.2. The molecule has 2 rings (SSSR count). The molecule has 1 heterocycles. The predicted molar refractivity (Wildman–Crippen MR) is 58.6 cm³/mol. The molecule has 0 aliphatic heterocycles. The van der Waals surface area contributed by atoms with Crippen molar-refractivity contribution in [2.75, 3.05) is 13.6 Å². The molecule has 2 aromatic rings. The summed E-state index contributed by atoms with van der Waals surface area (Å²) >= 11 is 0. The van der Waals surface area contributed by atoms with Crippen molar-refractivity contribution in [1.82, 2.24) is 4.90 Å². The summed E-state index contributed by atoms with van der Waals surface area (Å²) in [5.74, 6) is 0. The van der Waals surface area contributed by atoms with Crippen LogP contribution >= 0.6 is 0 Å². The van der Waals surface area contributed by atoms with E-state index in [0.717, 1.165) is 29.4 Å². The molecule has 0 N–H and O–H groups in total. The third kappa shape index (κ3) is 2.07. The maximum absolute atomic E-state index is 10.3. The number of para-hydroxylation sites is 1. The Labute approximate surface area is 88.3 Å². The van der Waals surface area contributed by atoms with Crippen LogP contribution in [0.5, 0.6) is 0 Å². The first-order valence-electron chi connectivity index (χ1n) is 4.88. The normalized spacial score (nSPS) is 11.1. The molecule has 0 aliphatic carbocycles. The van der Waals surface area contributed by atoms with Crippen LogP contribution in [0.2, 0.25) is 0 Å². The van der Waals surface area contributed by atoms with Gasteiger partial charge in [-0.1, -0.05) is 18.2 Å². The SMILES string of the molecule is CN(CC=O)Cc1coc2ccccc12. The Morgan fingerprint density at radius 3 is 3.00 bits per heavy atom. The van der Waals surface area contributed by atoms with Crippen molar-refractivity contribution in [1.29, 1.82) is 0 Å². The van der Waals surface area contributed by atoms with Crippen LogP contribution in [0.1, 0.15) is 5.56 Å². The van der Waals surface area contributed by atoms with Crippen molar-refractivity contribution in [3.05, 3.63) is 36.1 Å². The number of rotatable bonds is 4. The molecule has 1 aromatic heterocycles. The summed E-state index contributed by atoms with van der Waals surface area (Å²) in [5.41, 5.74) is 2.02. The number of aldehydes is 1. The van der Waals surface area contributed by atoms with Gasteiger partial charge in [-0.25, -0.2) is 0 Å². The Morgan fingerprint density at radius 1 is 1.40 bits per heavy atom. The highest BCUT2D eigenvalue weighted by Gasteiger charge is 2.06. The van der Waals surface area contributed by atoms with Gasteiger partial charge in [-0.3, -0.25) is 4.90 Å². The quantitative estimate of drug-likeness (QED) is 0.713. The number of likely N-dealkylation sites (N-methyl/N-ethyl adjacent to an activating group) is 1. The minimum atomic E-state index is 0.444. The summed E-state index contributed by atoms with van der Waals surface area (Å²) in [7, 11) is 1.91. The molecule has 0 saturated carbocycles. The third-order valence-electron chi connectivity index (χ3n) is 2.39. The fraction of sp³-hybridized carbons (Fsp3) is 0.250. The van der Waals surface area contributed by atoms with E-state index >= 15 is 0 Å². The van der Waals surface area contributed by atoms with Crippen LogP contribution in [0.15, 0.2) is 34.9 Å². The topological polar surface area (TPSA) is 33.5 Å². The van der Waals surface area contributed by atoms with Crippen molar-refractivity contribution >= 4 is 17.3 Å². The molecule has 0 saturated heterocycles. The van der Waals surface area contributed by atoms with E-state index in [0.29, 0.717) is 6.54 Å². The lowest BCUT2D eigenvalue weighted by Crippen LogP contribution is -2.19. The largest absolute Gasteiger partial charge is 0.464 e. The van der Waals surface area contributed by atoms with Crippen LogP contribution in [0.3, 0.4) is 0 Å². The Morgan fingerprint density at radius 2 is 2.20 bits per heavy atom. The van der Waals surface area contributed by atoms with E-state index in [-0.39, 0.29) is 0 Å². The number of carbonyl (C=O) groups is 1. The number of fused-ring (bicyclic) bond motifs is 1. The molecule has 0 radical (unpaired) electrons. The first kappa shape index (κ1) is 9.93. The molecule has 15 heavy (non-hydrogen) atoms. The standard InChI is InChI=1S/C12H13NO2/c1-13(6-7-14)8-10-9-15-12-5-3-2-4-11(10)12/h2-5,7,9H,6,8H2,1H3. The van der Waals surface area contributed by atoms with Crippen LogP contribution < -0.4 is 0 Å². The molecule has 3 nitrogen and oxygen atoms in total. The molecule has 0 unspecified atom stereocenters. The summed E-state index contributed by atoms with van der Waals surface area (Å²) in [5, 5.41) is 1.12. The number of nitrogens with zero attached hydrogens (tertiary/aromatic N) is 1. The van der Waals surface area contributed by atoms with E-state index < -0.39 is 0 Å². The van der Waals surface area contributed by atoms with E-state index in [2.05, 4.69) is 0 Å². The average molecular weight is 203 g/mol. The molecule has 0 atom stereocenters. The Kier molecular flexibility index (Phi) is 2.83. The Balaban J connectivity index is 2.24. The second kappa shape index (κ2) is 4.28. The molecule has 0 aliphatic rings. The summed E-state index contributed by atoms with van der Waals surface area (Å²) < 4.78 is 5.41. The number of carbonyl (C=O) groups excluding carboxylic acids is 1. The van der Waals surface area contributed by atoms with Gasteiger partial charge in [0.1, 0.15) is 11.9 Å². The molecule has 0 fully saturated rings. The number of furan rings is 1. The van der Waals surface area contributed by atoms with E-state index in [1.165, 1.54) is 0 Å². The zero-order chi connectivity index (χ0) is 10.7. The van der Waals surface area contributed by atoms with E-state index in [1.54, 1.807) is 6.26 Å². The van der Waals surface area contributed by atoms with E-state index in [9.17, 15) is 4.79 Å². The fourth-order valence-electron chi connectivity index (χ4n) is 1.64. The maximum Gasteiger partial charge on any atom is 0.134 e. The van der Waals surface area contributed by atoms with Crippen molar-refractivity contribution < 1.29 is 9.21 Å². The lowest BCUT2D eigenvalue weighted by molar-refractivity contribution is -0.108. The van der Waals surface area contributed by atoms with Crippen LogP contribution in [0.4, 0.5) is 0 Å². The van der Waals surface area contributed by atoms with Gasteiger partial charge in [0.15, 0.2) is 0 Å². The van der Waals surface area contributed by atoms with Crippen molar-refractivity contribution in [3.63, 3.8) is 0 Å². The summed E-state index contributed by atoms with van der Waals surface area (Å²) in [6.07, 6.45) is 2.66. The van der Waals surface area contributed by atoms with Crippen molar-refractivity contribution in [2.45, 2.75) is 6.54 Å². The van der Waals surface area contributed by atoms with Crippen molar-refractivity contribution in [3.8, 4) is 0 Å². The maximum atomic E-state index is 10.3. The molecule has 0 spiro atoms. The molecule has 78 valence electrons.